The molecule has 0 spiro atoms. The summed E-state index contributed by atoms with van der Waals surface area (Å²) in [6.45, 7) is 1.85. The quantitative estimate of drug-likeness (QED) is 0.813. The molecule has 0 aliphatic rings. The Morgan fingerprint density at radius 3 is 2.40 bits per heavy atom. The average molecular weight is 312 g/mol. The van der Waals surface area contributed by atoms with Crippen LogP contribution in [0.4, 0.5) is 4.39 Å². The molecule has 0 aromatic heterocycles. The van der Waals surface area contributed by atoms with Crippen molar-refractivity contribution in [1.82, 2.24) is 0 Å². The molecule has 2 rings (SSSR count). The molecular weight excluding hydrogens is 301 g/mol. The van der Waals surface area contributed by atoms with Crippen LogP contribution in [0.5, 0.6) is 0 Å². The summed E-state index contributed by atoms with van der Waals surface area (Å²) in [6.07, 6.45) is 0.923. The first-order valence-corrected chi connectivity index (χ1v) is 7.53. The van der Waals surface area contributed by atoms with E-state index in [9.17, 15) is 12.8 Å². The molecular formula is C14H11ClFNO2S. The van der Waals surface area contributed by atoms with E-state index in [-0.39, 0.29) is 15.5 Å². The lowest BCUT2D eigenvalue weighted by molar-refractivity contribution is 0.598. The maximum absolute atomic E-state index is 13.5. The highest BCUT2D eigenvalue weighted by molar-refractivity contribution is 7.90. The maximum atomic E-state index is 13.5. The number of nitrogens with zero attached hydrogens (tertiary/aromatic N) is 1. The van der Waals surface area contributed by atoms with Crippen molar-refractivity contribution in [3.8, 4) is 0 Å². The molecule has 0 aliphatic heterocycles. The van der Waals surface area contributed by atoms with Gasteiger partial charge in [0.1, 0.15) is 5.82 Å². The number of benzene rings is 2. The summed E-state index contributed by atoms with van der Waals surface area (Å²) >= 11 is 5.80. The monoisotopic (exact) mass is 311 g/mol. The van der Waals surface area contributed by atoms with Gasteiger partial charge in [0, 0.05) is 5.56 Å². The van der Waals surface area contributed by atoms with Crippen molar-refractivity contribution in [3.05, 3.63) is 64.4 Å². The van der Waals surface area contributed by atoms with E-state index in [2.05, 4.69) is 4.40 Å². The Hall–Kier alpha value is -1.72. The van der Waals surface area contributed by atoms with E-state index < -0.39 is 15.8 Å². The molecule has 3 nitrogen and oxygen atoms in total. The molecule has 0 atom stereocenters. The summed E-state index contributed by atoms with van der Waals surface area (Å²) in [7, 11) is -3.86. The van der Waals surface area contributed by atoms with Gasteiger partial charge in [0.25, 0.3) is 10.0 Å². The third-order valence-electron chi connectivity index (χ3n) is 2.64. The van der Waals surface area contributed by atoms with Gasteiger partial charge in [-0.3, -0.25) is 0 Å². The van der Waals surface area contributed by atoms with Gasteiger partial charge in [0.05, 0.1) is 16.1 Å². The highest BCUT2D eigenvalue weighted by atomic mass is 35.5. The van der Waals surface area contributed by atoms with Crippen LogP contribution < -0.4 is 0 Å². The molecule has 0 radical (unpaired) electrons. The molecule has 20 heavy (non-hydrogen) atoms. The first-order valence-electron chi connectivity index (χ1n) is 5.71. The molecule has 0 bridgehead atoms. The van der Waals surface area contributed by atoms with Crippen LogP contribution in [0.15, 0.2) is 51.8 Å². The van der Waals surface area contributed by atoms with Crippen LogP contribution in [0.2, 0.25) is 5.02 Å². The van der Waals surface area contributed by atoms with Crippen LogP contribution in [-0.4, -0.2) is 14.6 Å². The van der Waals surface area contributed by atoms with E-state index in [1.54, 1.807) is 12.1 Å². The van der Waals surface area contributed by atoms with Crippen molar-refractivity contribution in [1.29, 1.82) is 0 Å². The lowest BCUT2D eigenvalue weighted by Crippen LogP contribution is -1.99. The minimum atomic E-state index is -3.86. The summed E-state index contributed by atoms with van der Waals surface area (Å²) in [5, 5.41) is 0.104. The second-order valence-electron chi connectivity index (χ2n) is 4.16. The van der Waals surface area contributed by atoms with E-state index in [1.165, 1.54) is 30.3 Å². The van der Waals surface area contributed by atoms with Crippen molar-refractivity contribution in [3.63, 3.8) is 0 Å². The van der Waals surface area contributed by atoms with Crippen LogP contribution in [0.3, 0.4) is 0 Å². The van der Waals surface area contributed by atoms with Crippen LogP contribution >= 0.6 is 11.6 Å². The minimum absolute atomic E-state index is 0.0480. The van der Waals surface area contributed by atoms with Gasteiger partial charge in [-0.15, -0.1) is 0 Å². The molecule has 0 heterocycles. The molecule has 0 unspecified atom stereocenters. The Morgan fingerprint density at radius 2 is 1.80 bits per heavy atom. The van der Waals surface area contributed by atoms with Crippen molar-refractivity contribution in [2.75, 3.05) is 0 Å². The highest BCUT2D eigenvalue weighted by Gasteiger charge is 2.12. The summed E-state index contributed by atoms with van der Waals surface area (Å²) in [4.78, 5) is 0.0480. The van der Waals surface area contributed by atoms with Crippen molar-refractivity contribution in [2.45, 2.75) is 11.8 Å². The molecule has 6 heteroatoms. The number of rotatable bonds is 3. The predicted molar refractivity (Wildman–Crippen MR) is 77.4 cm³/mol. The summed E-state index contributed by atoms with van der Waals surface area (Å²) < 4.78 is 40.9. The normalized spacial score (nSPS) is 11.9. The van der Waals surface area contributed by atoms with Crippen molar-refractivity contribution in [2.24, 2.45) is 4.40 Å². The van der Waals surface area contributed by atoms with Crippen LogP contribution in [-0.2, 0) is 10.0 Å². The third-order valence-corrected chi connectivity index (χ3v) is 4.22. The summed E-state index contributed by atoms with van der Waals surface area (Å²) in [6, 6.07) is 10.3. The average Bonchev–Trinajstić information content (AvgIpc) is 2.38. The molecule has 0 fully saturated rings. The van der Waals surface area contributed by atoms with Gasteiger partial charge in [-0.1, -0.05) is 35.4 Å². The Balaban J connectivity index is 2.37. The first-order chi connectivity index (χ1) is 9.40. The highest BCUT2D eigenvalue weighted by Crippen LogP contribution is 2.18. The molecule has 0 amide bonds. The molecule has 0 saturated heterocycles. The number of aryl methyl sites for hydroxylation is 1. The number of hydrogen-bond donors (Lipinski definition) is 0. The van der Waals surface area contributed by atoms with E-state index in [0.717, 1.165) is 11.8 Å². The Bertz CT molecular complexity index is 735. The lowest BCUT2D eigenvalue weighted by atomic mass is 10.2. The van der Waals surface area contributed by atoms with E-state index >= 15 is 0 Å². The van der Waals surface area contributed by atoms with Gasteiger partial charge in [-0.05, 0) is 31.2 Å². The Kier molecular flexibility index (Phi) is 4.20. The zero-order chi connectivity index (χ0) is 14.8. The fourth-order valence-corrected chi connectivity index (χ4v) is 2.58. The van der Waals surface area contributed by atoms with E-state index in [1.807, 2.05) is 6.92 Å². The standard InChI is InChI=1S/C14H11ClFNO2S/c1-10-5-7-11(8-6-10)20(18,19)17-9-12-13(15)3-2-4-14(12)16/h2-9H,1H3. The lowest BCUT2D eigenvalue weighted by Gasteiger charge is -2.01. The topological polar surface area (TPSA) is 46.5 Å². The van der Waals surface area contributed by atoms with Gasteiger partial charge < -0.3 is 0 Å². The Labute approximate surface area is 121 Å². The first kappa shape index (κ1) is 14.7. The second kappa shape index (κ2) is 5.73. The summed E-state index contributed by atoms with van der Waals surface area (Å²) in [5.41, 5.74) is 0.884. The third kappa shape index (κ3) is 3.23. The SMILES string of the molecule is Cc1ccc(S(=O)(=O)N=Cc2c(F)cccc2Cl)cc1. The molecule has 0 aliphatic carbocycles. The van der Waals surface area contributed by atoms with E-state index in [4.69, 9.17) is 11.6 Å². The second-order valence-corrected chi connectivity index (χ2v) is 6.20. The fraction of sp³-hybridized carbons (Fsp3) is 0.0714. The zero-order valence-corrected chi connectivity index (χ0v) is 12.1. The van der Waals surface area contributed by atoms with Gasteiger partial charge >= 0.3 is 0 Å². The van der Waals surface area contributed by atoms with Gasteiger partial charge in [-0.25, -0.2) is 4.39 Å². The van der Waals surface area contributed by atoms with Gasteiger partial charge in [-0.2, -0.15) is 12.8 Å². The summed E-state index contributed by atoms with van der Waals surface area (Å²) in [5.74, 6) is -0.625. The van der Waals surface area contributed by atoms with Crippen LogP contribution in [0, 0.1) is 12.7 Å². The molecule has 2 aromatic carbocycles. The minimum Gasteiger partial charge on any atom is -0.206 e. The number of hydrogen-bond acceptors (Lipinski definition) is 2. The Morgan fingerprint density at radius 1 is 1.15 bits per heavy atom. The molecule has 2 aromatic rings. The smallest absolute Gasteiger partial charge is 0.206 e. The van der Waals surface area contributed by atoms with Crippen molar-refractivity contribution < 1.29 is 12.8 Å². The molecule has 0 saturated carbocycles. The maximum Gasteiger partial charge on any atom is 0.282 e. The van der Waals surface area contributed by atoms with Crippen LogP contribution in [0.25, 0.3) is 0 Å². The number of sulfonamides is 1. The zero-order valence-electron chi connectivity index (χ0n) is 10.5. The van der Waals surface area contributed by atoms with Crippen molar-refractivity contribution >= 4 is 27.8 Å². The molecule has 0 N–H and O–H groups in total. The van der Waals surface area contributed by atoms with Gasteiger partial charge in [0.2, 0.25) is 0 Å². The molecule has 104 valence electrons. The number of halogens is 2. The van der Waals surface area contributed by atoms with Gasteiger partial charge in [0.15, 0.2) is 0 Å². The van der Waals surface area contributed by atoms with E-state index in [0.29, 0.717) is 0 Å². The largest absolute Gasteiger partial charge is 0.282 e. The fourth-order valence-electron chi connectivity index (χ4n) is 1.53. The predicted octanol–water partition coefficient (Wildman–Crippen LogP) is 3.60. The van der Waals surface area contributed by atoms with Crippen LogP contribution in [0.1, 0.15) is 11.1 Å².